The molecule has 12 heavy (non-hydrogen) atoms. The minimum absolute atomic E-state index is 0.281. The molecular weight excluding hydrogens is 160 g/mol. The number of carbonyl (C=O) groups is 2. The molecule has 2 unspecified atom stereocenters. The number of Topliss-reactive ketones (excluding diaryl/α,β-unsaturated/α-hetero) is 1. The fourth-order valence-electron chi connectivity index (χ4n) is 1.50. The normalized spacial score (nSPS) is 30.2. The largest absolute Gasteiger partial charge is 0.481 e. The van der Waals surface area contributed by atoms with Gasteiger partial charge in [0.05, 0.1) is 0 Å². The van der Waals surface area contributed by atoms with Crippen molar-refractivity contribution in [3.8, 4) is 0 Å². The predicted molar refractivity (Wildman–Crippen MR) is 40.8 cm³/mol. The Balaban J connectivity index is 2.66. The first-order valence-corrected chi connectivity index (χ1v) is 3.96. The smallest absolute Gasteiger partial charge is 0.314 e. The van der Waals surface area contributed by atoms with Crippen molar-refractivity contribution >= 4 is 11.8 Å². The van der Waals surface area contributed by atoms with Crippen molar-refractivity contribution < 1.29 is 19.4 Å². The number of rotatable bonds is 2. The number of ether oxygens (including phenoxy) is 1. The summed E-state index contributed by atoms with van der Waals surface area (Å²) in [7, 11) is 1.44. The van der Waals surface area contributed by atoms with Gasteiger partial charge in [0.15, 0.2) is 5.78 Å². The number of carbonyl (C=O) groups excluding carboxylic acids is 1. The molecule has 1 fully saturated rings. The van der Waals surface area contributed by atoms with Gasteiger partial charge in [0.25, 0.3) is 0 Å². The lowest BCUT2D eigenvalue weighted by atomic mass is 9.86. The first-order chi connectivity index (χ1) is 5.66. The van der Waals surface area contributed by atoms with Crippen LogP contribution < -0.4 is 0 Å². The zero-order chi connectivity index (χ0) is 9.14. The number of aliphatic carboxylic acids is 1. The number of hydrogen-bond donors (Lipinski definition) is 1. The van der Waals surface area contributed by atoms with Crippen LogP contribution in [-0.4, -0.2) is 30.1 Å². The van der Waals surface area contributed by atoms with Crippen LogP contribution in [0, 0.1) is 5.92 Å². The Morgan fingerprint density at radius 3 is 2.75 bits per heavy atom. The molecule has 1 N–H and O–H groups in total. The van der Waals surface area contributed by atoms with Crippen LogP contribution in [0.2, 0.25) is 0 Å². The lowest BCUT2D eigenvalue weighted by Gasteiger charge is -2.23. The third kappa shape index (κ3) is 1.64. The SMILES string of the molecule is COC1CCCC(C(=O)O)C1=O. The molecule has 1 rings (SSSR count). The molecule has 4 heteroatoms. The highest BCUT2D eigenvalue weighted by atomic mass is 16.5. The number of carboxylic acids is 1. The summed E-state index contributed by atoms with van der Waals surface area (Å²) >= 11 is 0. The molecule has 0 aromatic heterocycles. The van der Waals surface area contributed by atoms with Gasteiger partial charge in [-0.25, -0.2) is 0 Å². The zero-order valence-corrected chi connectivity index (χ0v) is 6.95. The van der Waals surface area contributed by atoms with E-state index in [4.69, 9.17) is 9.84 Å². The molecule has 0 amide bonds. The molecule has 0 radical (unpaired) electrons. The molecule has 1 aliphatic rings. The summed E-state index contributed by atoms with van der Waals surface area (Å²) in [6, 6.07) is 0. The van der Waals surface area contributed by atoms with Crippen molar-refractivity contribution in [2.45, 2.75) is 25.4 Å². The molecule has 0 aliphatic heterocycles. The van der Waals surface area contributed by atoms with Crippen LogP contribution in [0.5, 0.6) is 0 Å². The standard InChI is InChI=1S/C8H12O4/c1-12-6-4-2-3-5(7(6)9)8(10)11/h5-6H,2-4H2,1H3,(H,10,11). The van der Waals surface area contributed by atoms with Crippen molar-refractivity contribution in [3.05, 3.63) is 0 Å². The van der Waals surface area contributed by atoms with Gasteiger partial charge in [0, 0.05) is 7.11 Å². The Morgan fingerprint density at radius 2 is 2.25 bits per heavy atom. The molecular formula is C8H12O4. The molecule has 0 spiro atoms. The molecule has 0 aromatic rings. The van der Waals surface area contributed by atoms with Gasteiger partial charge < -0.3 is 9.84 Å². The van der Waals surface area contributed by atoms with E-state index >= 15 is 0 Å². The highest BCUT2D eigenvalue weighted by Crippen LogP contribution is 2.22. The highest BCUT2D eigenvalue weighted by Gasteiger charge is 2.35. The van der Waals surface area contributed by atoms with E-state index in [2.05, 4.69) is 0 Å². The van der Waals surface area contributed by atoms with E-state index in [1.54, 1.807) is 0 Å². The Kier molecular flexibility index (Phi) is 2.81. The first-order valence-electron chi connectivity index (χ1n) is 3.96. The van der Waals surface area contributed by atoms with Crippen LogP contribution in [0.3, 0.4) is 0 Å². The van der Waals surface area contributed by atoms with Crippen molar-refractivity contribution in [1.82, 2.24) is 0 Å². The van der Waals surface area contributed by atoms with Crippen molar-refractivity contribution in [2.75, 3.05) is 7.11 Å². The molecule has 1 aliphatic carbocycles. The molecule has 4 nitrogen and oxygen atoms in total. The van der Waals surface area contributed by atoms with Crippen LogP contribution in [-0.2, 0) is 14.3 Å². The Morgan fingerprint density at radius 1 is 1.58 bits per heavy atom. The minimum Gasteiger partial charge on any atom is -0.481 e. The lowest BCUT2D eigenvalue weighted by molar-refractivity contribution is -0.152. The summed E-state index contributed by atoms with van der Waals surface area (Å²) in [6.45, 7) is 0. The third-order valence-corrected chi connectivity index (χ3v) is 2.20. The number of ketones is 1. The van der Waals surface area contributed by atoms with Gasteiger partial charge in [-0.15, -0.1) is 0 Å². The summed E-state index contributed by atoms with van der Waals surface area (Å²) in [5.74, 6) is -2.15. The average molecular weight is 172 g/mol. The van der Waals surface area contributed by atoms with Crippen LogP contribution >= 0.6 is 0 Å². The lowest BCUT2D eigenvalue weighted by Crippen LogP contribution is -2.38. The van der Waals surface area contributed by atoms with E-state index in [1.807, 2.05) is 0 Å². The first kappa shape index (κ1) is 9.19. The fraction of sp³-hybridized carbons (Fsp3) is 0.750. The summed E-state index contributed by atoms with van der Waals surface area (Å²) in [6.07, 6.45) is 1.36. The fourth-order valence-corrected chi connectivity index (χ4v) is 1.50. The number of hydrogen-bond acceptors (Lipinski definition) is 3. The number of carboxylic acid groups (broad SMARTS) is 1. The van der Waals surface area contributed by atoms with Crippen LogP contribution in [0.25, 0.3) is 0 Å². The van der Waals surface area contributed by atoms with Gasteiger partial charge in [0.1, 0.15) is 12.0 Å². The second-order valence-electron chi connectivity index (χ2n) is 2.95. The molecule has 68 valence electrons. The minimum atomic E-state index is -1.03. The Labute approximate surface area is 70.5 Å². The van der Waals surface area contributed by atoms with Gasteiger partial charge in [-0.2, -0.15) is 0 Å². The average Bonchev–Trinajstić information content (AvgIpc) is 2.04. The molecule has 0 aromatic carbocycles. The van der Waals surface area contributed by atoms with Crippen molar-refractivity contribution in [2.24, 2.45) is 5.92 Å². The number of methoxy groups -OCH3 is 1. The van der Waals surface area contributed by atoms with E-state index in [9.17, 15) is 9.59 Å². The van der Waals surface area contributed by atoms with Gasteiger partial charge in [-0.05, 0) is 19.3 Å². The van der Waals surface area contributed by atoms with E-state index in [-0.39, 0.29) is 5.78 Å². The maximum atomic E-state index is 11.3. The quantitative estimate of drug-likeness (QED) is 0.614. The van der Waals surface area contributed by atoms with Crippen molar-refractivity contribution in [1.29, 1.82) is 0 Å². The second-order valence-corrected chi connectivity index (χ2v) is 2.95. The Hall–Kier alpha value is -0.900. The monoisotopic (exact) mass is 172 g/mol. The highest BCUT2D eigenvalue weighted by molar-refractivity contribution is 6.01. The van der Waals surface area contributed by atoms with Gasteiger partial charge in [-0.3, -0.25) is 9.59 Å². The van der Waals surface area contributed by atoms with Gasteiger partial charge >= 0.3 is 5.97 Å². The second kappa shape index (κ2) is 3.67. The van der Waals surface area contributed by atoms with Crippen LogP contribution in [0.1, 0.15) is 19.3 Å². The van der Waals surface area contributed by atoms with Crippen LogP contribution in [0.4, 0.5) is 0 Å². The molecule has 0 saturated heterocycles. The third-order valence-electron chi connectivity index (χ3n) is 2.20. The van der Waals surface area contributed by atoms with Crippen molar-refractivity contribution in [3.63, 3.8) is 0 Å². The summed E-state index contributed by atoms with van der Waals surface area (Å²) in [5.41, 5.74) is 0. The zero-order valence-electron chi connectivity index (χ0n) is 6.95. The maximum absolute atomic E-state index is 11.3. The van der Waals surface area contributed by atoms with E-state index in [0.717, 1.165) is 6.42 Å². The molecule has 2 atom stereocenters. The van der Waals surface area contributed by atoms with E-state index in [0.29, 0.717) is 12.8 Å². The van der Waals surface area contributed by atoms with Gasteiger partial charge in [0.2, 0.25) is 0 Å². The summed E-state index contributed by atoms with van der Waals surface area (Å²) < 4.78 is 4.87. The maximum Gasteiger partial charge on any atom is 0.314 e. The van der Waals surface area contributed by atoms with E-state index < -0.39 is 18.0 Å². The Bertz CT molecular complexity index is 199. The van der Waals surface area contributed by atoms with E-state index in [1.165, 1.54) is 7.11 Å². The van der Waals surface area contributed by atoms with Gasteiger partial charge in [-0.1, -0.05) is 0 Å². The molecule has 1 saturated carbocycles. The summed E-state index contributed by atoms with van der Waals surface area (Å²) in [4.78, 5) is 21.8. The molecule has 0 bridgehead atoms. The molecule has 0 heterocycles. The summed E-state index contributed by atoms with van der Waals surface area (Å²) in [5, 5.41) is 8.65. The predicted octanol–water partition coefficient (Wildman–Crippen LogP) is 0.455. The van der Waals surface area contributed by atoms with Crippen LogP contribution in [0.15, 0.2) is 0 Å². The topological polar surface area (TPSA) is 63.6 Å².